The molecular formula is C25H23NO7. The number of nitrogens with zero attached hydrogens (tertiary/aromatic N) is 1. The summed E-state index contributed by atoms with van der Waals surface area (Å²) in [5.41, 5.74) is 3.56. The van der Waals surface area contributed by atoms with Crippen LogP contribution in [-0.4, -0.2) is 41.9 Å². The van der Waals surface area contributed by atoms with E-state index in [1.807, 2.05) is 36.6 Å². The second-order valence-corrected chi connectivity index (χ2v) is 7.45. The number of ketones is 1. The van der Waals surface area contributed by atoms with E-state index < -0.39 is 5.97 Å². The third kappa shape index (κ3) is 4.55. The normalized spacial score (nSPS) is 12.2. The van der Waals surface area contributed by atoms with Gasteiger partial charge in [0.2, 0.25) is 12.6 Å². The first-order valence-electron chi connectivity index (χ1n) is 10.2. The fourth-order valence-corrected chi connectivity index (χ4v) is 3.69. The van der Waals surface area contributed by atoms with Gasteiger partial charge in [-0.15, -0.1) is 0 Å². The first-order valence-corrected chi connectivity index (χ1v) is 10.2. The van der Waals surface area contributed by atoms with E-state index in [0.717, 1.165) is 17.1 Å². The van der Waals surface area contributed by atoms with E-state index in [-0.39, 0.29) is 24.9 Å². The van der Waals surface area contributed by atoms with Crippen molar-refractivity contribution >= 4 is 17.8 Å². The minimum atomic E-state index is -0.653. The van der Waals surface area contributed by atoms with E-state index in [9.17, 15) is 14.7 Å². The van der Waals surface area contributed by atoms with Crippen LogP contribution in [0.1, 0.15) is 27.3 Å². The van der Waals surface area contributed by atoms with Crippen LogP contribution >= 0.6 is 0 Å². The lowest BCUT2D eigenvalue weighted by molar-refractivity contribution is -0.136. The van der Waals surface area contributed by atoms with Crippen LogP contribution in [0.4, 0.5) is 0 Å². The van der Waals surface area contributed by atoms with E-state index >= 15 is 0 Å². The Balaban J connectivity index is 1.43. The van der Waals surface area contributed by atoms with E-state index in [2.05, 4.69) is 0 Å². The van der Waals surface area contributed by atoms with E-state index in [4.69, 9.17) is 18.9 Å². The van der Waals surface area contributed by atoms with Crippen LogP contribution in [0.5, 0.6) is 23.0 Å². The summed E-state index contributed by atoms with van der Waals surface area (Å²) in [6.07, 6.45) is 2.73. The van der Waals surface area contributed by atoms with E-state index in [1.165, 1.54) is 25.3 Å². The van der Waals surface area contributed by atoms with Gasteiger partial charge in [-0.1, -0.05) is 6.07 Å². The number of carbonyl (C=O) groups is 2. The first kappa shape index (κ1) is 22.0. The minimum Gasteiger partial charge on any atom is -0.504 e. The van der Waals surface area contributed by atoms with Crippen LogP contribution in [0, 0.1) is 13.8 Å². The number of esters is 1. The highest BCUT2D eigenvalue weighted by atomic mass is 16.7. The summed E-state index contributed by atoms with van der Waals surface area (Å²) in [5.74, 6) is 0.672. The molecule has 4 rings (SSSR count). The van der Waals surface area contributed by atoms with Crippen LogP contribution in [0.2, 0.25) is 0 Å². The van der Waals surface area contributed by atoms with Crippen molar-refractivity contribution in [2.24, 2.45) is 0 Å². The molecule has 0 amide bonds. The molecule has 3 aromatic rings. The number of aryl methyl sites for hydroxylation is 1. The number of aromatic hydroxyl groups is 1. The Hall–Kier alpha value is -4.20. The molecule has 170 valence electrons. The number of methoxy groups -OCH3 is 1. The fourth-order valence-electron chi connectivity index (χ4n) is 3.69. The van der Waals surface area contributed by atoms with Crippen molar-refractivity contribution in [3.8, 4) is 28.7 Å². The molecule has 0 fully saturated rings. The summed E-state index contributed by atoms with van der Waals surface area (Å²) in [6, 6.07) is 12.0. The molecule has 1 N–H and O–H groups in total. The van der Waals surface area contributed by atoms with Gasteiger partial charge in [0.15, 0.2) is 29.6 Å². The zero-order valence-corrected chi connectivity index (χ0v) is 18.5. The number of rotatable bonds is 7. The Morgan fingerprint density at radius 1 is 1.09 bits per heavy atom. The summed E-state index contributed by atoms with van der Waals surface area (Å²) < 4.78 is 22.9. The van der Waals surface area contributed by atoms with Crippen molar-refractivity contribution < 1.29 is 33.6 Å². The van der Waals surface area contributed by atoms with Crippen LogP contribution < -0.4 is 14.2 Å². The molecule has 0 aliphatic carbocycles. The fraction of sp³-hybridized carbons (Fsp3) is 0.200. The largest absolute Gasteiger partial charge is 0.504 e. The zero-order valence-electron chi connectivity index (χ0n) is 18.5. The maximum Gasteiger partial charge on any atom is 0.331 e. The number of phenolic OH excluding ortho intramolecular Hbond substituents is 1. The van der Waals surface area contributed by atoms with Gasteiger partial charge in [-0.3, -0.25) is 4.79 Å². The molecule has 0 saturated carbocycles. The van der Waals surface area contributed by atoms with Crippen molar-refractivity contribution in [2.75, 3.05) is 20.5 Å². The molecule has 0 saturated heterocycles. The highest BCUT2D eigenvalue weighted by molar-refractivity contribution is 6.00. The summed E-state index contributed by atoms with van der Waals surface area (Å²) in [7, 11) is 1.44. The summed E-state index contributed by atoms with van der Waals surface area (Å²) in [4.78, 5) is 24.8. The van der Waals surface area contributed by atoms with Gasteiger partial charge in [0.25, 0.3) is 0 Å². The number of fused-ring (bicyclic) bond motifs is 1. The number of aromatic nitrogens is 1. The second kappa shape index (κ2) is 9.12. The lowest BCUT2D eigenvalue weighted by Crippen LogP contribution is -2.13. The molecule has 1 aromatic heterocycles. The topological polar surface area (TPSA) is 96.2 Å². The molecule has 0 radical (unpaired) electrons. The van der Waals surface area contributed by atoms with Gasteiger partial charge in [0.1, 0.15) is 0 Å². The van der Waals surface area contributed by atoms with Gasteiger partial charge < -0.3 is 28.6 Å². The van der Waals surface area contributed by atoms with Gasteiger partial charge in [0.05, 0.1) is 7.11 Å². The first-order chi connectivity index (χ1) is 15.9. The number of benzene rings is 2. The Kier molecular flexibility index (Phi) is 6.08. The standard InChI is InChI=1S/C25H23NO7/c1-15-10-19(16(2)26(15)18-6-8-22-24(12-18)33-14-32-22)21(28)13-31-25(29)9-5-17-4-7-20(27)23(11-17)30-3/h4-12,27H,13-14H2,1-3H3/b9-5+. The SMILES string of the molecule is COc1cc(/C=C/C(=O)OCC(=O)c2cc(C)n(-c3ccc4c(c3)OCO4)c2C)ccc1O. The Bertz CT molecular complexity index is 1260. The van der Waals surface area contributed by atoms with Crippen LogP contribution in [-0.2, 0) is 9.53 Å². The Labute approximate surface area is 190 Å². The average Bonchev–Trinajstić information content (AvgIpc) is 3.39. The van der Waals surface area contributed by atoms with Crippen molar-refractivity contribution in [3.63, 3.8) is 0 Å². The molecule has 8 nitrogen and oxygen atoms in total. The summed E-state index contributed by atoms with van der Waals surface area (Å²) >= 11 is 0. The molecule has 0 bridgehead atoms. The van der Waals surface area contributed by atoms with Crippen molar-refractivity contribution in [2.45, 2.75) is 13.8 Å². The van der Waals surface area contributed by atoms with Crippen molar-refractivity contribution in [3.05, 3.63) is 71.1 Å². The predicted molar refractivity (Wildman–Crippen MR) is 120 cm³/mol. The van der Waals surface area contributed by atoms with Crippen molar-refractivity contribution in [1.82, 2.24) is 4.57 Å². The lowest BCUT2D eigenvalue weighted by Gasteiger charge is -2.10. The summed E-state index contributed by atoms with van der Waals surface area (Å²) in [5, 5.41) is 9.63. The maximum absolute atomic E-state index is 12.7. The highest BCUT2D eigenvalue weighted by Crippen LogP contribution is 2.35. The molecular weight excluding hydrogens is 426 g/mol. The molecule has 1 aliphatic rings. The number of hydrogen-bond acceptors (Lipinski definition) is 7. The second-order valence-electron chi connectivity index (χ2n) is 7.45. The minimum absolute atomic E-state index is 0.00108. The smallest absolute Gasteiger partial charge is 0.331 e. The highest BCUT2D eigenvalue weighted by Gasteiger charge is 2.20. The Morgan fingerprint density at radius 2 is 1.88 bits per heavy atom. The molecule has 33 heavy (non-hydrogen) atoms. The number of Topliss-reactive ketones (excluding diaryl/α,β-unsaturated/α-hetero) is 1. The molecule has 0 spiro atoms. The van der Waals surface area contributed by atoms with Gasteiger partial charge in [0, 0.05) is 34.8 Å². The maximum atomic E-state index is 12.7. The zero-order chi connectivity index (χ0) is 23.5. The predicted octanol–water partition coefficient (Wildman–Crippen LogP) is 3.98. The molecule has 1 aliphatic heterocycles. The van der Waals surface area contributed by atoms with Crippen LogP contribution in [0.15, 0.2) is 48.5 Å². The van der Waals surface area contributed by atoms with E-state index in [0.29, 0.717) is 28.4 Å². The van der Waals surface area contributed by atoms with E-state index in [1.54, 1.807) is 18.2 Å². The van der Waals surface area contributed by atoms with Crippen molar-refractivity contribution in [1.29, 1.82) is 0 Å². The average molecular weight is 449 g/mol. The third-order valence-electron chi connectivity index (χ3n) is 5.31. The monoisotopic (exact) mass is 449 g/mol. The molecule has 2 aromatic carbocycles. The van der Waals surface area contributed by atoms with Gasteiger partial charge in [-0.2, -0.15) is 0 Å². The number of phenols is 1. The van der Waals surface area contributed by atoms with Gasteiger partial charge in [-0.05, 0) is 55.8 Å². The molecule has 2 heterocycles. The third-order valence-corrected chi connectivity index (χ3v) is 5.31. The summed E-state index contributed by atoms with van der Waals surface area (Å²) in [6.45, 7) is 3.54. The number of ether oxygens (including phenoxy) is 4. The Morgan fingerprint density at radius 3 is 2.67 bits per heavy atom. The number of carbonyl (C=O) groups excluding carboxylic acids is 2. The van der Waals surface area contributed by atoms with Gasteiger partial charge >= 0.3 is 5.97 Å². The van der Waals surface area contributed by atoms with Gasteiger partial charge in [-0.25, -0.2) is 4.79 Å². The molecule has 8 heteroatoms. The molecule has 0 unspecified atom stereocenters. The molecule has 0 atom stereocenters. The van der Waals surface area contributed by atoms with Crippen LogP contribution in [0.3, 0.4) is 0 Å². The quantitative estimate of drug-likeness (QED) is 0.331. The lowest BCUT2D eigenvalue weighted by atomic mass is 10.1. The van der Waals surface area contributed by atoms with Crippen LogP contribution in [0.25, 0.3) is 11.8 Å². The number of hydrogen-bond donors (Lipinski definition) is 1.